The van der Waals surface area contributed by atoms with E-state index in [0.717, 1.165) is 12.8 Å². The summed E-state index contributed by atoms with van der Waals surface area (Å²) < 4.78 is 28.0. The lowest BCUT2D eigenvalue weighted by atomic mass is 10.1. The highest BCUT2D eigenvalue weighted by atomic mass is 32.2. The molecule has 1 aliphatic carbocycles. The molecule has 0 aromatic heterocycles. The molecule has 6 nitrogen and oxygen atoms in total. The van der Waals surface area contributed by atoms with E-state index in [1.165, 1.54) is 19.2 Å². The molecule has 0 aliphatic heterocycles. The largest absolute Gasteiger partial charge is 0.380 e. The van der Waals surface area contributed by atoms with E-state index < -0.39 is 10.0 Å². The molecule has 7 heteroatoms. The van der Waals surface area contributed by atoms with Gasteiger partial charge in [-0.15, -0.1) is 0 Å². The summed E-state index contributed by atoms with van der Waals surface area (Å²) in [6.45, 7) is 2.29. The van der Waals surface area contributed by atoms with Crippen LogP contribution >= 0.6 is 0 Å². The van der Waals surface area contributed by atoms with Gasteiger partial charge in [0.05, 0.1) is 11.5 Å². The van der Waals surface area contributed by atoms with Gasteiger partial charge in [0.25, 0.3) is 5.91 Å². The van der Waals surface area contributed by atoms with Crippen molar-refractivity contribution in [3.8, 4) is 0 Å². The van der Waals surface area contributed by atoms with E-state index in [0.29, 0.717) is 11.5 Å². The maximum absolute atomic E-state index is 12.2. The van der Waals surface area contributed by atoms with Crippen molar-refractivity contribution in [2.45, 2.75) is 37.3 Å². The van der Waals surface area contributed by atoms with Gasteiger partial charge < -0.3 is 10.1 Å². The van der Waals surface area contributed by atoms with E-state index in [9.17, 15) is 13.2 Å². The van der Waals surface area contributed by atoms with Crippen molar-refractivity contribution in [1.29, 1.82) is 0 Å². The molecule has 2 unspecified atom stereocenters. The van der Waals surface area contributed by atoms with E-state index >= 15 is 0 Å². The normalized spacial score (nSPS) is 21.1. The summed E-state index contributed by atoms with van der Waals surface area (Å²) >= 11 is 0. The molecule has 0 saturated heterocycles. The molecule has 2 atom stereocenters. The van der Waals surface area contributed by atoms with Crippen LogP contribution in [-0.4, -0.2) is 27.5 Å². The van der Waals surface area contributed by atoms with E-state index in [1.54, 1.807) is 6.07 Å². The summed E-state index contributed by atoms with van der Waals surface area (Å²) in [5, 5.41) is 8.05. The van der Waals surface area contributed by atoms with Gasteiger partial charge in [-0.1, -0.05) is 13.3 Å². The highest BCUT2D eigenvalue weighted by molar-refractivity contribution is 7.89. The maximum atomic E-state index is 12.2. The average Bonchev–Trinajstić information content (AvgIpc) is 3.16. The summed E-state index contributed by atoms with van der Waals surface area (Å²) in [5.41, 5.74) is 0.882. The SMILES string of the molecule is CCC1CC1NC(=O)c1cc(COC)cc(S(N)(=O)=O)c1. The second kappa shape index (κ2) is 6.13. The Balaban J connectivity index is 2.25. The van der Waals surface area contributed by atoms with Crippen molar-refractivity contribution in [2.24, 2.45) is 11.1 Å². The molecule has 21 heavy (non-hydrogen) atoms. The Morgan fingerprint density at radius 3 is 2.67 bits per heavy atom. The second-order valence-corrected chi connectivity index (χ2v) is 6.89. The van der Waals surface area contributed by atoms with Gasteiger partial charge in [-0.2, -0.15) is 0 Å². The van der Waals surface area contributed by atoms with Crippen molar-refractivity contribution in [3.05, 3.63) is 29.3 Å². The molecule has 0 heterocycles. The maximum Gasteiger partial charge on any atom is 0.251 e. The first-order valence-electron chi connectivity index (χ1n) is 6.81. The zero-order chi connectivity index (χ0) is 15.6. The Kier molecular flexibility index (Phi) is 4.65. The first kappa shape index (κ1) is 15.9. The molecule has 1 saturated carbocycles. The van der Waals surface area contributed by atoms with Crippen LogP contribution in [0.5, 0.6) is 0 Å². The molecular formula is C14H20N2O4S. The van der Waals surface area contributed by atoms with Crippen molar-refractivity contribution < 1.29 is 17.9 Å². The number of hydrogen-bond donors (Lipinski definition) is 2. The highest BCUT2D eigenvalue weighted by Crippen LogP contribution is 2.33. The number of primary sulfonamides is 1. The molecule has 2 rings (SSSR count). The topological polar surface area (TPSA) is 98.5 Å². The fourth-order valence-electron chi connectivity index (χ4n) is 2.33. The fourth-order valence-corrected chi connectivity index (χ4v) is 2.94. The van der Waals surface area contributed by atoms with E-state index in [-0.39, 0.29) is 29.0 Å². The highest BCUT2D eigenvalue weighted by Gasteiger charge is 2.36. The zero-order valence-electron chi connectivity index (χ0n) is 12.1. The predicted molar refractivity (Wildman–Crippen MR) is 78.2 cm³/mol. The summed E-state index contributed by atoms with van der Waals surface area (Å²) in [5.74, 6) is 0.243. The number of benzene rings is 1. The first-order valence-corrected chi connectivity index (χ1v) is 8.36. The molecule has 3 N–H and O–H groups in total. The Bertz CT molecular complexity index is 642. The zero-order valence-corrected chi connectivity index (χ0v) is 12.9. The van der Waals surface area contributed by atoms with E-state index in [1.807, 2.05) is 0 Å². The third kappa shape index (κ3) is 4.03. The van der Waals surface area contributed by atoms with Crippen LogP contribution in [0.1, 0.15) is 35.7 Å². The lowest BCUT2D eigenvalue weighted by molar-refractivity contribution is 0.0948. The number of nitrogens with one attached hydrogen (secondary N) is 1. The third-order valence-electron chi connectivity index (χ3n) is 3.63. The number of nitrogens with two attached hydrogens (primary N) is 1. The average molecular weight is 312 g/mol. The number of rotatable bonds is 6. The molecule has 1 aromatic rings. The molecule has 1 fully saturated rings. The van der Waals surface area contributed by atoms with Crippen LogP contribution in [-0.2, 0) is 21.4 Å². The monoisotopic (exact) mass is 312 g/mol. The van der Waals surface area contributed by atoms with Crippen LogP contribution in [0.4, 0.5) is 0 Å². The standard InChI is InChI=1S/C14H20N2O4S/c1-3-10-7-13(10)16-14(17)11-4-9(8-20-2)5-12(6-11)21(15,18)19/h4-6,10,13H,3,7-8H2,1-2H3,(H,16,17)(H2,15,18,19). The van der Waals surface area contributed by atoms with Crippen molar-refractivity contribution in [2.75, 3.05) is 7.11 Å². The molecule has 0 spiro atoms. The number of carbonyl (C=O) groups is 1. The number of sulfonamides is 1. The molecule has 0 bridgehead atoms. The van der Waals surface area contributed by atoms with Gasteiger partial charge in [-0.3, -0.25) is 4.79 Å². The second-order valence-electron chi connectivity index (χ2n) is 5.33. The summed E-state index contributed by atoms with van der Waals surface area (Å²) in [4.78, 5) is 12.1. The van der Waals surface area contributed by atoms with Crippen LogP contribution in [0.3, 0.4) is 0 Å². The van der Waals surface area contributed by atoms with E-state index in [2.05, 4.69) is 12.2 Å². The molecule has 116 valence electrons. The van der Waals surface area contributed by atoms with Crippen LogP contribution in [0, 0.1) is 5.92 Å². The van der Waals surface area contributed by atoms with Gasteiger partial charge in [0.1, 0.15) is 0 Å². The number of amides is 1. The van der Waals surface area contributed by atoms with Crippen LogP contribution < -0.4 is 10.5 Å². The van der Waals surface area contributed by atoms with Gasteiger partial charge in [0.15, 0.2) is 0 Å². The number of carbonyl (C=O) groups excluding carboxylic acids is 1. The minimum absolute atomic E-state index is 0.0787. The molecular weight excluding hydrogens is 292 g/mol. The van der Waals surface area contributed by atoms with Crippen LogP contribution in [0.25, 0.3) is 0 Å². The Labute approximate surface area is 124 Å². The van der Waals surface area contributed by atoms with Crippen molar-refractivity contribution >= 4 is 15.9 Å². The summed E-state index contributed by atoms with van der Waals surface area (Å²) in [6, 6.07) is 4.53. The lowest BCUT2D eigenvalue weighted by Crippen LogP contribution is -2.27. The Morgan fingerprint density at radius 2 is 2.14 bits per heavy atom. The minimum Gasteiger partial charge on any atom is -0.380 e. The third-order valence-corrected chi connectivity index (χ3v) is 4.52. The smallest absolute Gasteiger partial charge is 0.251 e. The molecule has 1 amide bonds. The van der Waals surface area contributed by atoms with Gasteiger partial charge in [-0.25, -0.2) is 13.6 Å². The Hall–Kier alpha value is -1.44. The van der Waals surface area contributed by atoms with E-state index in [4.69, 9.17) is 9.88 Å². The van der Waals surface area contributed by atoms with Gasteiger partial charge in [0, 0.05) is 18.7 Å². The summed E-state index contributed by atoms with van der Waals surface area (Å²) in [7, 11) is -2.36. The Morgan fingerprint density at radius 1 is 1.43 bits per heavy atom. The predicted octanol–water partition coefficient (Wildman–Crippen LogP) is 1.01. The van der Waals surface area contributed by atoms with Gasteiger partial charge >= 0.3 is 0 Å². The van der Waals surface area contributed by atoms with Crippen LogP contribution in [0.15, 0.2) is 23.1 Å². The minimum atomic E-state index is -3.86. The van der Waals surface area contributed by atoms with Crippen molar-refractivity contribution in [3.63, 3.8) is 0 Å². The molecule has 0 radical (unpaired) electrons. The van der Waals surface area contributed by atoms with Crippen molar-refractivity contribution in [1.82, 2.24) is 5.32 Å². The number of methoxy groups -OCH3 is 1. The molecule has 1 aliphatic rings. The van der Waals surface area contributed by atoms with Gasteiger partial charge in [0.2, 0.25) is 10.0 Å². The lowest BCUT2D eigenvalue weighted by Gasteiger charge is -2.09. The molecule has 1 aromatic carbocycles. The number of ether oxygens (including phenoxy) is 1. The number of hydrogen-bond acceptors (Lipinski definition) is 4. The quantitative estimate of drug-likeness (QED) is 0.819. The van der Waals surface area contributed by atoms with Gasteiger partial charge in [-0.05, 0) is 36.1 Å². The fraction of sp³-hybridized carbons (Fsp3) is 0.500. The van der Waals surface area contributed by atoms with Crippen LogP contribution in [0.2, 0.25) is 0 Å². The summed E-state index contributed by atoms with van der Waals surface area (Å²) in [6.07, 6.45) is 2.00. The first-order chi connectivity index (χ1) is 9.85.